The van der Waals surface area contributed by atoms with Crippen molar-refractivity contribution in [2.45, 2.75) is 30.7 Å². The van der Waals surface area contributed by atoms with Gasteiger partial charge in [0.1, 0.15) is 0 Å². The van der Waals surface area contributed by atoms with Crippen LogP contribution < -0.4 is 0 Å². The van der Waals surface area contributed by atoms with Crippen molar-refractivity contribution in [3.05, 3.63) is 82.1 Å². The Balaban J connectivity index is 1.74. The predicted molar refractivity (Wildman–Crippen MR) is 117 cm³/mol. The first-order valence-corrected chi connectivity index (χ1v) is 10.5. The van der Waals surface area contributed by atoms with Crippen LogP contribution in [-0.2, 0) is 5.75 Å². The van der Waals surface area contributed by atoms with Gasteiger partial charge < -0.3 is 0 Å². The molecule has 0 radical (unpaired) electrons. The van der Waals surface area contributed by atoms with Gasteiger partial charge in [-0.05, 0) is 29.3 Å². The van der Waals surface area contributed by atoms with Crippen molar-refractivity contribution < 1.29 is 0 Å². The van der Waals surface area contributed by atoms with Gasteiger partial charge in [0.05, 0.1) is 0 Å². The number of benzene rings is 2. The normalized spacial score (nSPS) is 11.9. The number of thioether (sulfide) groups is 1. The first-order valence-electron chi connectivity index (χ1n) is 8.72. The van der Waals surface area contributed by atoms with E-state index in [9.17, 15) is 0 Å². The highest BCUT2D eigenvalue weighted by Gasteiger charge is 2.14. The zero-order valence-corrected chi connectivity index (χ0v) is 17.7. The second kappa shape index (κ2) is 9.67. The van der Waals surface area contributed by atoms with Gasteiger partial charge in [0.25, 0.3) is 0 Å². The Bertz CT molecular complexity index is 915. The van der Waals surface area contributed by atoms with E-state index < -0.39 is 0 Å². The Hall–Kier alpha value is -2.18. The van der Waals surface area contributed by atoms with Crippen molar-refractivity contribution in [2.24, 2.45) is 5.10 Å². The Morgan fingerprint density at radius 2 is 1.81 bits per heavy atom. The number of allylic oxidation sites excluding steroid dienone is 1. The highest BCUT2D eigenvalue weighted by Crippen LogP contribution is 2.25. The molecule has 3 aromatic rings. The average molecular weight is 441 g/mol. The fourth-order valence-electron chi connectivity index (χ4n) is 2.39. The quantitative estimate of drug-likeness (QED) is 0.334. The summed E-state index contributed by atoms with van der Waals surface area (Å²) >= 11 is 5.10. The minimum absolute atomic E-state index is 0.245. The average Bonchev–Trinajstić information content (AvgIpc) is 3.09. The van der Waals surface area contributed by atoms with Gasteiger partial charge in [0.15, 0.2) is 5.82 Å². The summed E-state index contributed by atoms with van der Waals surface area (Å²) in [7, 11) is 0. The van der Waals surface area contributed by atoms with E-state index in [0.717, 1.165) is 26.8 Å². The molecule has 1 aromatic heterocycles. The third kappa shape index (κ3) is 5.65. The second-order valence-electron chi connectivity index (χ2n) is 6.26. The lowest BCUT2D eigenvalue weighted by atomic mass is 10.2. The van der Waals surface area contributed by atoms with Gasteiger partial charge in [-0.3, -0.25) is 0 Å². The zero-order chi connectivity index (χ0) is 19.1. The minimum atomic E-state index is 0.245. The first-order chi connectivity index (χ1) is 13.1. The summed E-state index contributed by atoms with van der Waals surface area (Å²) in [5.74, 6) is 1.92. The number of aromatic nitrogens is 3. The summed E-state index contributed by atoms with van der Waals surface area (Å²) in [5.41, 5.74) is 2.37. The Kier molecular flexibility index (Phi) is 7.01. The second-order valence-corrected chi connectivity index (χ2v) is 8.11. The summed E-state index contributed by atoms with van der Waals surface area (Å²) in [5, 5.41) is 14.0. The Morgan fingerprint density at radius 3 is 2.52 bits per heavy atom. The lowest BCUT2D eigenvalue weighted by Gasteiger charge is -2.06. The van der Waals surface area contributed by atoms with Gasteiger partial charge in [-0.25, -0.2) is 0 Å². The van der Waals surface area contributed by atoms with Crippen molar-refractivity contribution in [1.82, 2.24) is 14.9 Å². The van der Waals surface area contributed by atoms with Crippen molar-refractivity contribution in [2.75, 3.05) is 0 Å². The van der Waals surface area contributed by atoms with Gasteiger partial charge in [0, 0.05) is 22.4 Å². The van der Waals surface area contributed by atoms with Gasteiger partial charge in [-0.2, -0.15) is 9.78 Å². The smallest absolute Gasteiger partial charge is 0.191 e. The molecule has 0 amide bonds. The molecule has 0 atom stereocenters. The van der Waals surface area contributed by atoms with Crippen LogP contribution in [0.3, 0.4) is 0 Å². The molecule has 0 spiro atoms. The molecule has 6 heteroatoms. The number of nitrogens with zero attached hydrogens (tertiary/aromatic N) is 4. The van der Waals surface area contributed by atoms with Crippen LogP contribution in [0.1, 0.15) is 36.7 Å². The van der Waals surface area contributed by atoms with E-state index >= 15 is 0 Å². The van der Waals surface area contributed by atoms with Crippen LogP contribution in [0.15, 0.2) is 75.4 Å². The molecule has 0 aliphatic rings. The molecule has 0 aliphatic heterocycles. The number of hydrogen-bond donors (Lipinski definition) is 0. The van der Waals surface area contributed by atoms with Gasteiger partial charge >= 0.3 is 0 Å². The number of halogens is 1. The Labute approximate surface area is 172 Å². The largest absolute Gasteiger partial charge is 0.212 e. The molecule has 0 saturated heterocycles. The van der Waals surface area contributed by atoms with E-state index in [1.165, 1.54) is 5.56 Å². The molecule has 27 heavy (non-hydrogen) atoms. The SMILES string of the molecule is CC(C)c1nnc(SCc2ccc(Br)cc2)n1/N=C/C=C\c1ccccc1. The maximum Gasteiger partial charge on any atom is 0.212 e. The van der Waals surface area contributed by atoms with E-state index in [4.69, 9.17) is 0 Å². The van der Waals surface area contributed by atoms with Crippen molar-refractivity contribution in [3.8, 4) is 0 Å². The Morgan fingerprint density at radius 1 is 1.07 bits per heavy atom. The third-order valence-corrected chi connectivity index (χ3v) is 5.31. The van der Waals surface area contributed by atoms with E-state index in [1.54, 1.807) is 18.0 Å². The summed E-state index contributed by atoms with van der Waals surface area (Å²) in [4.78, 5) is 0. The van der Waals surface area contributed by atoms with E-state index in [2.05, 4.69) is 69.3 Å². The fourth-order valence-corrected chi connectivity index (χ4v) is 3.50. The maximum atomic E-state index is 4.58. The molecular formula is C21H21BrN4S. The van der Waals surface area contributed by atoms with Gasteiger partial charge in [0.2, 0.25) is 5.16 Å². The van der Waals surface area contributed by atoms with E-state index in [0.29, 0.717) is 0 Å². The summed E-state index contributed by atoms with van der Waals surface area (Å²) in [6.45, 7) is 4.19. The van der Waals surface area contributed by atoms with Gasteiger partial charge in [-0.15, -0.1) is 10.2 Å². The summed E-state index contributed by atoms with van der Waals surface area (Å²) in [6, 6.07) is 18.5. The lowest BCUT2D eigenvalue weighted by molar-refractivity contribution is 0.667. The minimum Gasteiger partial charge on any atom is -0.191 e. The van der Waals surface area contributed by atoms with E-state index in [1.807, 2.05) is 47.2 Å². The lowest BCUT2D eigenvalue weighted by Crippen LogP contribution is -2.01. The summed E-state index contributed by atoms with van der Waals surface area (Å²) in [6.07, 6.45) is 5.74. The molecule has 0 unspecified atom stereocenters. The molecule has 0 saturated carbocycles. The van der Waals surface area contributed by atoms with E-state index in [-0.39, 0.29) is 5.92 Å². The highest BCUT2D eigenvalue weighted by atomic mass is 79.9. The van der Waals surface area contributed by atoms with Crippen molar-refractivity contribution in [3.63, 3.8) is 0 Å². The van der Waals surface area contributed by atoms with Crippen LogP contribution in [0, 0.1) is 0 Å². The van der Waals surface area contributed by atoms with Crippen LogP contribution >= 0.6 is 27.7 Å². The molecule has 4 nitrogen and oxygen atoms in total. The van der Waals surface area contributed by atoms with Crippen LogP contribution in [0.2, 0.25) is 0 Å². The standard InChI is InChI=1S/C21H21BrN4S/c1-16(2)20-24-25-21(27-15-18-10-12-19(22)13-11-18)26(20)23-14-6-9-17-7-4-3-5-8-17/h3-14,16H,15H2,1-2H3/b9-6-,23-14+. The molecule has 2 aromatic carbocycles. The first kappa shape index (κ1) is 19.6. The molecule has 0 N–H and O–H groups in total. The van der Waals surface area contributed by atoms with Crippen molar-refractivity contribution >= 4 is 40.0 Å². The highest BCUT2D eigenvalue weighted by molar-refractivity contribution is 9.10. The molecule has 3 rings (SSSR count). The molecular weight excluding hydrogens is 420 g/mol. The summed E-state index contributed by atoms with van der Waals surface area (Å²) < 4.78 is 2.92. The molecule has 0 fully saturated rings. The molecule has 1 heterocycles. The van der Waals surface area contributed by atoms with Crippen LogP contribution in [0.5, 0.6) is 0 Å². The number of hydrogen-bond acceptors (Lipinski definition) is 4. The molecule has 138 valence electrons. The van der Waals surface area contributed by atoms with Crippen molar-refractivity contribution in [1.29, 1.82) is 0 Å². The maximum absolute atomic E-state index is 4.58. The van der Waals surface area contributed by atoms with Gasteiger partial charge in [-0.1, -0.05) is 90.1 Å². The fraction of sp³-hybridized carbons (Fsp3) is 0.190. The third-order valence-electron chi connectivity index (χ3n) is 3.79. The van der Waals surface area contributed by atoms with Crippen LogP contribution in [-0.4, -0.2) is 21.1 Å². The monoisotopic (exact) mass is 440 g/mol. The molecule has 0 aliphatic carbocycles. The number of rotatable bonds is 7. The molecule has 0 bridgehead atoms. The topological polar surface area (TPSA) is 43.1 Å². The van der Waals surface area contributed by atoms with Crippen LogP contribution in [0.25, 0.3) is 6.08 Å². The zero-order valence-electron chi connectivity index (χ0n) is 15.3. The van der Waals surface area contributed by atoms with Crippen LogP contribution in [0.4, 0.5) is 0 Å². The predicted octanol–water partition coefficient (Wildman–Crippen LogP) is 6.00.